The Bertz CT molecular complexity index is 699. The number of aliphatic hydroxyl groups is 1. The molecule has 0 aliphatic heterocycles. The second-order valence-electron chi connectivity index (χ2n) is 5.82. The van der Waals surface area contributed by atoms with Gasteiger partial charge in [0.1, 0.15) is 5.75 Å². The molecule has 0 saturated carbocycles. The Hall–Kier alpha value is -2.18. The molecule has 0 fully saturated rings. The van der Waals surface area contributed by atoms with Crippen LogP contribution in [0.2, 0.25) is 0 Å². The molecule has 1 unspecified atom stereocenters. The molecule has 6 heteroatoms. The van der Waals surface area contributed by atoms with Crippen LogP contribution in [0.4, 0.5) is 0 Å². The summed E-state index contributed by atoms with van der Waals surface area (Å²) in [5, 5.41) is 12.2. The lowest BCUT2D eigenvalue weighted by Gasteiger charge is -2.21. The van der Waals surface area contributed by atoms with Crippen LogP contribution >= 0.6 is 11.3 Å². The number of carbonyl (C=O) groups is 2. The van der Waals surface area contributed by atoms with Crippen molar-refractivity contribution in [1.29, 1.82) is 0 Å². The van der Waals surface area contributed by atoms with Crippen LogP contribution in [0.25, 0.3) is 0 Å². The highest BCUT2D eigenvalue weighted by Crippen LogP contribution is 2.20. The van der Waals surface area contributed by atoms with E-state index in [2.05, 4.69) is 0 Å². The van der Waals surface area contributed by atoms with Gasteiger partial charge in [0.15, 0.2) is 5.78 Å². The Morgan fingerprint density at radius 3 is 2.72 bits per heavy atom. The highest BCUT2D eigenvalue weighted by Gasteiger charge is 2.16. The molecule has 25 heavy (non-hydrogen) atoms. The Morgan fingerprint density at radius 1 is 1.24 bits per heavy atom. The van der Waals surface area contributed by atoms with Crippen molar-refractivity contribution in [2.75, 3.05) is 20.7 Å². The number of rotatable bonds is 9. The van der Waals surface area contributed by atoms with E-state index in [1.54, 1.807) is 44.5 Å². The van der Waals surface area contributed by atoms with E-state index in [0.717, 1.165) is 4.88 Å². The van der Waals surface area contributed by atoms with Gasteiger partial charge in [-0.25, -0.2) is 0 Å². The topological polar surface area (TPSA) is 66.8 Å². The number of ketones is 1. The predicted molar refractivity (Wildman–Crippen MR) is 98.1 cm³/mol. The number of amides is 1. The van der Waals surface area contributed by atoms with Crippen molar-refractivity contribution >= 4 is 23.0 Å². The maximum absolute atomic E-state index is 12.2. The van der Waals surface area contributed by atoms with Crippen molar-refractivity contribution in [3.8, 4) is 5.75 Å². The molecule has 134 valence electrons. The number of hydrogen-bond acceptors (Lipinski definition) is 5. The van der Waals surface area contributed by atoms with Crippen molar-refractivity contribution in [3.05, 3.63) is 52.2 Å². The van der Waals surface area contributed by atoms with Crippen LogP contribution in [-0.2, 0) is 4.79 Å². The van der Waals surface area contributed by atoms with E-state index in [1.807, 2.05) is 11.4 Å². The van der Waals surface area contributed by atoms with E-state index in [0.29, 0.717) is 30.6 Å². The van der Waals surface area contributed by atoms with Crippen molar-refractivity contribution in [2.24, 2.45) is 0 Å². The molecule has 1 amide bonds. The lowest BCUT2D eigenvalue weighted by molar-refractivity contribution is -0.131. The molecule has 1 aromatic heterocycles. The highest BCUT2D eigenvalue weighted by atomic mass is 32.1. The minimum absolute atomic E-state index is 0.0712. The Labute approximate surface area is 151 Å². The molecule has 0 saturated heterocycles. The van der Waals surface area contributed by atoms with Crippen molar-refractivity contribution < 1.29 is 19.4 Å². The summed E-state index contributed by atoms with van der Waals surface area (Å²) in [7, 11) is 3.23. The summed E-state index contributed by atoms with van der Waals surface area (Å²) >= 11 is 1.42. The summed E-state index contributed by atoms with van der Waals surface area (Å²) in [4.78, 5) is 26.3. The Kier molecular flexibility index (Phi) is 7.16. The minimum Gasteiger partial charge on any atom is -0.497 e. The van der Waals surface area contributed by atoms with Crippen LogP contribution in [0.5, 0.6) is 5.75 Å². The molecule has 2 rings (SSSR count). The molecule has 0 radical (unpaired) electrons. The average molecular weight is 361 g/mol. The number of likely N-dealkylation sites (N-methyl/N-ethyl adjacent to an activating group) is 1. The number of carbonyl (C=O) groups excluding carboxylic acids is 2. The maximum atomic E-state index is 12.2. The normalized spacial score (nSPS) is 11.8. The summed E-state index contributed by atoms with van der Waals surface area (Å²) in [6.07, 6.45) is 0.378. The van der Waals surface area contributed by atoms with Gasteiger partial charge < -0.3 is 14.7 Å². The third-order valence-corrected chi connectivity index (χ3v) is 4.85. The van der Waals surface area contributed by atoms with Gasteiger partial charge in [-0.2, -0.15) is 0 Å². The Balaban J connectivity index is 1.78. The van der Waals surface area contributed by atoms with Gasteiger partial charge in [0.05, 0.1) is 24.6 Å². The van der Waals surface area contributed by atoms with Crippen LogP contribution in [0.15, 0.2) is 41.8 Å². The molecular formula is C19H23NO4S. The number of thiophene rings is 1. The number of nitrogens with zero attached hydrogens (tertiary/aromatic N) is 1. The molecule has 1 N–H and O–H groups in total. The van der Waals surface area contributed by atoms with Gasteiger partial charge in [0, 0.05) is 19.9 Å². The molecule has 1 heterocycles. The van der Waals surface area contributed by atoms with Crippen molar-refractivity contribution in [2.45, 2.75) is 25.4 Å². The van der Waals surface area contributed by atoms with E-state index >= 15 is 0 Å². The predicted octanol–water partition coefficient (Wildman–Crippen LogP) is 3.30. The number of methoxy groups -OCH3 is 1. The van der Waals surface area contributed by atoms with Gasteiger partial charge in [0.2, 0.25) is 5.91 Å². The zero-order valence-corrected chi connectivity index (χ0v) is 15.3. The first-order valence-electron chi connectivity index (χ1n) is 8.14. The van der Waals surface area contributed by atoms with Crippen molar-refractivity contribution in [3.63, 3.8) is 0 Å². The molecule has 2 aromatic rings. The molecule has 0 aliphatic rings. The summed E-state index contributed by atoms with van der Waals surface area (Å²) in [6, 6.07) is 10.8. The molecule has 1 aromatic carbocycles. The van der Waals surface area contributed by atoms with Crippen LogP contribution in [0.1, 0.15) is 40.6 Å². The van der Waals surface area contributed by atoms with E-state index in [1.165, 1.54) is 16.2 Å². The smallest absolute Gasteiger partial charge is 0.222 e. The fourth-order valence-electron chi connectivity index (χ4n) is 2.47. The van der Waals surface area contributed by atoms with Gasteiger partial charge >= 0.3 is 0 Å². The molecule has 0 spiro atoms. The van der Waals surface area contributed by atoms with Crippen LogP contribution in [0, 0.1) is 0 Å². The third kappa shape index (κ3) is 5.69. The molecule has 0 aliphatic carbocycles. The lowest BCUT2D eigenvalue weighted by atomic mass is 10.1. The zero-order valence-electron chi connectivity index (χ0n) is 14.5. The number of benzene rings is 1. The van der Waals surface area contributed by atoms with E-state index in [-0.39, 0.29) is 18.2 Å². The summed E-state index contributed by atoms with van der Waals surface area (Å²) < 4.78 is 5.14. The molecule has 1 atom stereocenters. The summed E-state index contributed by atoms with van der Waals surface area (Å²) in [6.45, 7) is 0.199. The maximum Gasteiger partial charge on any atom is 0.222 e. The first kappa shape index (κ1) is 19.1. The van der Waals surface area contributed by atoms with Gasteiger partial charge in [-0.3, -0.25) is 9.59 Å². The minimum atomic E-state index is -0.781. The van der Waals surface area contributed by atoms with Gasteiger partial charge in [-0.1, -0.05) is 18.2 Å². The number of Topliss-reactive ketones (excluding diaryl/α,β-unsaturated/α-hetero) is 1. The number of aliphatic hydroxyl groups excluding tert-OH is 1. The van der Waals surface area contributed by atoms with Crippen molar-refractivity contribution in [1.82, 2.24) is 4.90 Å². The fraction of sp³-hybridized carbons (Fsp3) is 0.368. The summed E-state index contributed by atoms with van der Waals surface area (Å²) in [5.41, 5.74) is 0.701. The van der Waals surface area contributed by atoms with Crippen LogP contribution < -0.4 is 4.74 Å². The number of hydrogen-bond donors (Lipinski definition) is 1. The summed E-state index contributed by atoms with van der Waals surface area (Å²) in [5.74, 6) is 0.653. The van der Waals surface area contributed by atoms with Crippen LogP contribution in [-0.4, -0.2) is 42.4 Å². The average Bonchev–Trinajstić information content (AvgIpc) is 3.16. The van der Waals surface area contributed by atoms with E-state index in [9.17, 15) is 14.7 Å². The standard InChI is InChI=1S/C19H23NO4S/c1-20(13-17(22)14-6-3-7-15(12-14)24-2)19(23)10-4-8-16(21)18-9-5-11-25-18/h3,5-7,9,11-12,17,22H,4,8,10,13H2,1-2H3. The zero-order chi connectivity index (χ0) is 18.2. The number of ether oxygens (including phenoxy) is 1. The fourth-order valence-corrected chi connectivity index (χ4v) is 3.16. The molecule has 5 nitrogen and oxygen atoms in total. The van der Waals surface area contributed by atoms with Gasteiger partial charge in [-0.15, -0.1) is 11.3 Å². The first-order valence-corrected chi connectivity index (χ1v) is 9.02. The van der Waals surface area contributed by atoms with E-state index < -0.39 is 6.10 Å². The quantitative estimate of drug-likeness (QED) is 0.696. The SMILES string of the molecule is COc1cccc(C(O)CN(C)C(=O)CCCC(=O)c2cccs2)c1. The highest BCUT2D eigenvalue weighted by molar-refractivity contribution is 7.12. The van der Waals surface area contributed by atoms with Gasteiger partial charge in [-0.05, 0) is 35.6 Å². The second kappa shape index (κ2) is 9.34. The molecular weight excluding hydrogens is 338 g/mol. The largest absolute Gasteiger partial charge is 0.497 e. The third-order valence-electron chi connectivity index (χ3n) is 3.94. The van der Waals surface area contributed by atoms with Gasteiger partial charge in [0.25, 0.3) is 0 Å². The monoisotopic (exact) mass is 361 g/mol. The second-order valence-corrected chi connectivity index (χ2v) is 6.77. The van der Waals surface area contributed by atoms with E-state index in [4.69, 9.17) is 4.74 Å². The Morgan fingerprint density at radius 2 is 2.04 bits per heavy atom. The molecule has 0 bridgehead atoms. The van der Waals surface area contributed by atoms with Crippen LogP contribution in [0.3, 0.4) is 0 Å². The first-order chi connectivity index (χ1) is 12.0. The lowest BCUT2D eigenvalue weighted by Crippen LogP contribution is -2.31.